The van der Waals surface area contributed by atoms with E-state index in [0.29, 0.717) is 23.4 Å². The Bertz CT molecular complexity index is 788. The van der Waals surface area contributed by atoms with Crippen molar-refractivity contribution in [2.45, 2.75) is 33.1 Å². The number of rotatable bonds is 6. The fourth-order valence-electron chi connectivity index (χ4n) is 2.35. The molecule has 0 fully saturated rings. The van der Waals surface area contributed by atoms with Gasteiger partial charge in [-0.15, -0.1) is 0 Å². The molecule has 5 nitrogen and oxygen atoms in total. The van der Waals surface area contributed by atoms with E-state index < -0.39 is 0 Å². The third-order valence-corrected chi connectivity index (χ3v) is 3.94. The lowest BCUT2D eigenvalue weighted by Crippen LogP contribution is -2.34. The van der Waals surface area contributed by atoms with Crippen molar-refractivity contribution in [2.24, 2.45) is 0 Å². The molecule has 0 atom stereocenters. The fourth-order valence-corrected chi connectivity index (χ4v) is 2.57. The first-order valence-corrected chi connectivity index (χ1v) is 9.03. The standard InChI is InChI=1S/C20H23N3O2S/c1-3-6-18(24)21-16-7-5-8-17(13-16)22-20(26)23-19(25)15-11-9-14(4-2)10-12-15/h5,7-13H,3-4,6H2,1-2H3,(H,21,24)(H2,22,23,25,26). The van der Waals surface area contributed by atoms with E-state index in [-0.39, 0.29) is 16.9 Å². The average Bonchev–Trinajstić information content (AvgIpc) is 2.62. The molecular weight excluding hydrogens is 346 g/mol. The number of amides is 2. The van der Waals surface area contributed by atoms with E-state index in [1.807, 2.05) is 25.1 Å². The summed E-state index contributed by atoms with van der Waals surface area (Å²) in [6, 6.07) is 14.6. The van der Waals surface area contributed by atoms with Crippen LogP contribution in [0.1, 0.15) is 42.6 Å². The highest BCUT2D eigenvalue weighted by Gasteiger charge is 2.08. The zero-order valence-corrected chi connectivity index (χ0v) is 15.8. The summed E-state index contributed by atoms with van der Waals surface area (Å²) < 4.78 is 0. The molecule has 26 heavy (non-hydrogen) atoms. The van der Waals surface area contributed by atoms with Crippen molar-refractivity contribution in [3.05, 3.63) is 59.7 Å². The first kappa shape index (κ1) is 19.6. The lowest BCUT2D eigenvalue weighted by Gasteiger charge is -2.11. The van der Waals surface area contributed by atoms with Gasteiger partial charge in [0.2, 0.25) is 5.91 Å². The summed E-state index contributed by atoms with van der Waals surface area (Å²) in [7, 11) is 0. The topological polar surface area (TPSA) is 70.2 Å². The molecule has 2 rings (SSSR count). The van der Waals surface area contributed by atoms with Crippen LogP contribution in [0, 0.1) is 0 Å². The molecule has 0 saturated carbocycles. The summed E-state index contributed by atoms with van der Waals surface area (Å²) in [4.78, 5) is 23.9. The van der Waals surface area contributed by atoms with Crippen LogP contribution < -0.4 is 16.0 Å². The molecule has 136 valence electrons. The molecule has 0 unspecified atom stereocenters. The van der Waals surface area contributed by atoms with Crippen molar-refractivity contribution in [3.63, 3.8) is 0 Å². The van der Waals surface area contributed by atoms with Gasteiger partial charge in [0.25, 0.3) is 5.91 Å². The number of hydrogen-bond acceptors (Lipinski definition) is 3. The van der Waals surface area contributed by atoms with Crippen LogP contribution in [0.2, 0.25) is 0 Å². The van der Waals surface area contributed by atoms with Gasteiger partial charge < -0.3 is 10.6 Å². The second-order valence-corrected chi connectivity index (χ2v) is 6.25. The van der Waals surface area contributed by atoms with Crippen LogP contribution in [-0.4, -0.2) is 16.9 Å². The Hall–Kier alpha value is -2.73. The summed E-state index contributed by atoms with van der Waals surface area (Å²) in [6.45, 7) is 4.02. The van der Waals surface area contributed by atoms with Gasteiger partial charge in [-0.25, -0.2) is 0 Å². The summed E-state index contributed by atoms with van der Waals surface area (Å²) >= 11 is 5.20. The number of nitrogens with one attached hydrogen (secondary N) is 3. The molecule has 3 N–H and O–H groups in total. The predicted molar refractivity (Wildman–Crippen MR) is 109 cm³/mol. The lowest BCUT2D eigenvalue weighted by atomic mass is 10.1. The van der Waals surface area contributed by atoms with Crippen molar-refractivity contribution >= 4 is 40.5 Å². The molecule has 2 aromatic carbocycles. The van der Waals surface area contributed by atoms with Crippen LogP contribution in [0.15, 0.2) is 48.5 Å². The van der Waals surface area contributed by atoms with E-state index in [2.05, 4.69) is 22.9 Å². The van der Waals surface area contributed by atoms with E-state index in [1.165, 1.54) is 5.56 Å². The smallest absolute Gasteiger partial charge is 0.257 e. The fraction of sp³-hybridized carbons (Fsp3) is 0.250. The highest BCUT2D eigenvalue weighted by molar-refractivity contribution is 7.80. The van der Waals surface area contributed by atoms with Crippen molar-refractivity contribution in [1.29, 1.82) is 0 Å². The molecule has 0 heterocycles. The molecule has 0 aliphatic carbocycles. The van der Waals surface area contributed by atoms with Gasteiger partial charge in [0.1, 0.15) is 0 Å². The maximum atomic E-state index is 12.2. The summed E-state index contributed by atoms with van der Waals surface area (Å²) in [6.07, 6.45) is 2.19. The van der Waals surface area contributed by atoms with E-state index >= 15 is 0 Å². The first-order valence-electron chi connectivity index (χ1n) is 8.63. The number of carbonyl (C=O) groups excluding carboxylic acids is 2. The summed E-state index contributed by atoms with van der Waals surface area (Å²) in [5, 5.41) is 8.64. The molecule has 0 spiro atoms. The van der Waals surface area contributed by atoms with E-state index in [4.69, 9.17) is 12.2 Å². The van der Waals surface area contributed by atoms with Crippen LogP contribution in [0.4, 0.5) is 11.4 Å². The quantitative estimate of drug-likeness (QED) is 0.670. The molecule has 0 aliphatic rings. The molecule has 0 aromatic heterocycles. The van der Waals surface area contributed by atoms with Crippen LogP contribution in [0.5, 0.6) is 0 Å². The Morgan fingerprint density at radius 1 is 0.962 bits per heavy atom. The molecule has 0 saturated heterocycles. The Kier molecular flexibility index (Phi) is 7.29. The monoisotopic (exact) mass is 369 g/mol. The van der Waals surface area contributed by atoms with Crippen LogP contribution in [0.3, 0.4) is 0 Å². The van der Waals surface area contributed by atoms with E-state index in [9.17, 15) is 9.59 Å². The number of benzene rings is 2. The van der Waals surface area contributed by atoms with Gasteiger partial charge in [0.05, 0.1) is 0 Å². The second kappa shape index (κ2) is 9.68. The van der Waals surface area contributed by atoms with Gasteiger partial charge in [-0.2, -0.15) is 0 Å². The third kappa shape index (κ3) is 5.97. The average molecular weight is 369 g/mol. The van der Waals surface area contributed by atoms with Gasteiger partial charge in [-0.1, -0.05) is 32.0 Å². The molecule has 6 heteroatoms. The van der Waals surface area contributed by atoms with Gasteiger partial charge in [0.15, 0.2) is 5.11 Å². The van der Waals surface area contributed by atoms with Crippen molar-refractivity contribution < 1.29 is 9.59 Å². The van der Waals surface area contributed by atoms with Gasteiger partial charge >= 0.3 is 0 Å². The van der Waals surface area contributed by atoms with Crippen LogP contribution >= 0.6 is 12.2 Å². The van der Waals surface area contributed by atoms with Gasteiger partial charge in [-0.05, 0) is 61.0 Å². The number of thiocarbonyl (C=S) groups is 1. The van der Waals surface area contributed by atoms with Gasteiger partial charge in [-0.3, -0.25) is 14.9 Å². The number of aryl methyl sites for hydroxylation is 1. The largest absolute Gasteiger partial charge is 0.332 e. The highest BCUT2D eigenvalue weighted by atomic mass is 32.1. The van der Waals surface area contributed by atoms with Gasteiger partial charge in [0, 0.05) is 23.4 Å². The van der Waals surface area contributed by atoms with Crippen LogP contribution in [0.25, 0.3) is 0 Å². The Labute approximate surface area is 159 Å². The number of anilines is 2. The predicted octanol–water partition coefficient (Wildman–Crippen LogP) is 4.11. The Morgan fingerprint density at radius 3 is 2.23 bits per heavy atom. The minimum absolute atomic E-state index is 0.0314. The molecule has 2 amide bonds. The lowest BCUT2D eigenvalue weighted by molar-refractivity contribution is -0.116. The Balaban J connectivity index is 1.94. The highest BCUT2D eigenvalue weighted by Crippen LogP contribution is 2.15. The molecule has 0 bridgehead atoms. The first-order chi connectivity index (χ1) is 12.5. The van der Waals surface area contributed by atoms with Crippen molar-refractivity contribution in [3.8, 4) is 0 Å². The minimum atomic E-state index is -0.266. The maximum absolute atomic E-state index is 12.2. The van der Waals surface area contributed by atoms with Crippen molar-refractivity contribution in [2.75, 3.05) is 10.6 Å². The number of carbonyl (C=O) groups is 2. The maximum Gasteiger partial charge on any atom is 0.257 e. The molecule has 2 aromatic rings. The van der Waals surface area contributed by atoms with Crippen LogP contribution in [-0.2, 0) is 11.2 Å². The second-order valence-electron chi connectivity index (χ2n) is 5.84. The zero-order valence-electron chi connectivity index (χ0n) is 15.0. The SMILES string of the molecule is CCCC(=O)Nc1cccc(NC(=S)NC(=O)c2ccc(CC)cc2)c1. The summed E-state index contributed by atoms with van der Waals surface area (Å²) in [5.74, 6) is -0.298. The number of hydrogen-bond donors (Lipinski definition) is 3. The zero-order chi connectivity index (χ0) is 18.9. The normalized spacial score (nSPS) is 10.1. The van der Waals surface area contributed by atoms with E-state index in [1.54, 1.807) is 30.3 Å². The Morgan fingerprint density at radius 2 is 1.62 bits per heavy atom. The molecule has 0 aliphatic heterocycles. The van der Waals surface area contributed by atoms with E-state index in [0.717, 1.165) is 12.8 Å². The van der Waals surface area contributed by atoms with Crippen molar-refractivity contribution in [1.82, 2.24) is 5.32 Å². The summed E-state index contributed by atoms with van der Waals surface area (Å²) in [5.41, 5.74) is 3.08. The third-order valence-electron chi connectivity index (χ3n) is 3.73. The minimum Gasteiger partial charge on any atom is -0.332 e. The molecular formula is C20H23N3O2S. The molecule has 0 radical (unpaired) electrons.